The lowest BCUT2D eigenvalue weighted by atomic mass is 9.57. The number of aromatic nitrogens is 2. The largest absolute Gasteiger partial charge is 0.386 e. The average molecular weight is 295 g/mol. The van der Waals surface area contributed by atoms with Gasteiger partial charge in [0, 0.05) is 5.69 Å². The van der Waals surface area contributed by atoms with Gasteiger partial charge in [-0.05, 0) is 31.2 Å². The topological polar surface area (TPSA) is 38.4 Å². The summed E-state index contributed by atoms with van der Waals surface area (Å²) in [6.45, 7) is 9.46. The van der Waals surface area contributed by atoms with E-state index in [2.05, 4.69) is 75.4 Å². The van der Waals surface area contributed by atoms with Crippen LogP contribution in [0.5, 0.6) is 0 Å². The summed E-state index contributed by atoms with van der Waals surface area (Å²) in [6, 6.07) is 12.7. The molecule has 2 aromatic rings. The smallest absolute Gasteiger partial charge is 0.332 e. The minimum absolute atomic E-state index is 0.343. The van der Waals surface area contributed by atoms with Crippen LogP contribution in [0.3, 0.4) is 0 Å². The van der Waals surface area contributed by atoms with E-state index in [1.165, 1.54) is 5.69 Å². The Balaban J connectivity index is 1.93. The quantitative estimate of drug-likeness (QED) is 0.880. The number of anilines is 2. The van der Waals surface area contributed by atoms with E-state index in [9.17, 15) is 0 Å². The Hall–Kier alpha value is -1.88. The summed E-state index contributed by atoms with van der Waals surface area (Å²) in [4.78, 5) is 4.81. The van der Waals surface area contributed by atoms with Crippen molar-refractivity contribution < 1.29 is 0 Å². The molecule has 0 spiro atoms. The third kappa shape index (κ3) is 2.73. The van der Waals surface area contributed by atoms with Crippen molar-refractivity contribution in [1.82, 2.24) is 14.9 Å². The first-order valence-corrected chi connectivity index (χ1v) is 8.05. The van der Waals surface area contributed by atoms with E-state index in [1.54, 1.807) is 0 Å². The predicted octanol–water partition coefficient (Wildman–Crippen LogP) is 2.64. The molecular formula is C15H23B2N5. The maximum absolute atomic E-state index is 4.12. The van der Waals surface area contributed by atoms with E-state index in [0.717, 1.165) is 25.5 Å². The monoisotopic (exact) mass is 295 g/mol. The van der Waals surface area contributed by atoms with Crippen molar-refractivity contribution in [2.45, 2.75) is 27.0 Å². The van der Waals surface area contributed by atoms with Crippen LogP contribution in [-0.2, 0) is 0 Å². The van der Waals surface area contributed by atoms with Gasteiger partial charge in [0.1, 0.15) is 5.82 Å². The van der Waals surface area contributed by atoms with E-state index < -0.39 is 0 Å². The summed E-state index contributed by atoms with van der Waals surface area (Å²) < 4.78 is 2.54. The van der Waals surface area contributed by atoms with Crippen LogP contribution in [0.15, 0.2) is 42.6 Å². The molecule has 0 radical (unpaired) electrons. The summed E-state index contributed by atoms with van der Waals surface area (Å²) in [5, 5.41) is 7.23. The van der Waals surface area contributed by atoms with E-state index >= 15 is 0 Å². The molecule has 1 saturated heterocycles. The number of nitrogens with zero attached hydrogens (tertiary/aromatic N) is 4. The SMILES string of the molecule is CCCN1B(C)N(c2ccccc2)CN(c2ccn[nH]2)B1C. The van der Waals surface area contributed by atoms with Crippen LogP contribution in [0.25, 0.3) is 0 Å². The minimum atomic E-state index is 0.343. The van der Waals surface area contributed by atoms with E-state index in [4.69, 9.17) is 0 Å². The fourth-order valence-corrected chi connectivity index (χ4v) is 3.31. The van der Waals surface area contributed by atoms with Gasteiger partial charge in [-0.15, -0.1) is 0 Å². The maximum Gasteiger partial charge on any atom is 0.332 e. The second-order valence-electron chi connectivity index (χ2n) is 5.86. The first kappa shape index (κ1) is 15.0. The Morgan fingerprint density at radius 3 is 2.45 bits per heavy atom. The van der Waals surface area contributed by atoms with Gasteiger partial charge in [0.15, 0.2) is 0 Å². The molecule has 1 fully saturated rings. The van der Waals surface area contributed by atoms with E-state index in [0.29, 0.717) is 14.0 Å². The zero-order valence-corrected chi connectivity index (χ0v) is 13.6. The zero-order valence-electron chi connectivity index (χ0n) is 13.6. The molecular weight excluding hydrogens is 272 g/mol. The fraction of sp³-hybridized carbons (Fsp3) is 0.400. The van der Waals surface area contributed by atoms with Gasteiger partial charge < -0.3 is 14.3 Å². The lowest BCUT2D eigenvalue weighted by Crippen LogP contribution is -2.70. The molecule has 0 atom stereocenters. The molecule has 1 aliphatic heterocycles. The number of hydrogen-bond acceptors (Lipinski definition) is 4. The zero-order chi connectivity index (χ0) is 15.5. The highest BCUT2D eigenvalue weighted by Crippen LogP contribution is 2.26. The average Bonchev–Trinajstić information content (AvgIpc) is 3.07. The first-order valence-electron chi connectivity index (χ1n) is 8.05. The molecule has 5 nitrogen and oxygen atoms in total. The molecule has 22 heavy (non-hydrogen) atoms. The van der Waals surface area contributed by atoms with Gasteiger partial charge >= 0.3 is 14.0 Å². The Kier molecular flexibility index (Phi) is 4.43. The summed E-state index contributed by atoms with van der Waals surface area (Å²) in [6.07, 6.45) is 2.96. The molecule has 3 rings (SSSR count). The van der Waals surface area contributed by atoms with Gasteiger partial charge in [0.25, 0.3) is 0 Å². The highest BCUT2D eigenvalue weighted by atomic mass is 15.4. The molecule has 0 saturated carbocycles. The number of H-pyrrole nitrogens is 1. The van der Waals surface area contributed by atoms with Crippen LogP contribution >= 0.6 is 0 Å². The summed E-state index contributed by atoms with van der Waals surface area (Å²) in [5.41, 5.74) is 1.26. The van der Waals surface area contributed by atoms with Crippen LogP contribution < -0.4 is 9.62 Å². The second-order valence-corrected chi connectivity index (χ2v) is 5.86. The van der Waals surface area contributed by atoms with Crippen LogP contribution in [0.1, 0.15) is 13.3 Å². The Bertz CT molecular complexity index is 577. The van der Waals surface area contributed by atoms with Gasteiger partial charge in [0.05, 0.1) is 12.9 Å². The summed E-state index contributed by atoms with van der Waals surface area (Å²) in [5.74, 6) is 1.07. The number of nitrogens with one attached hydrogen (secondary N) is 1. The molecule has 0 bridgehead atoms. The summed E-state index contributed by atoms with van der Waals surface area (Å²) >= 11 is 0. The Morgan fingerprint density at radius 1 is 1.09 bits per heavy atom. The number of benzene rings is 1. The van der Waals surface area contributed by atoms with Crippen LogP contribution in [0.4, 0.5) is 11.5 Å². The molecule has 114 valence electrons. The molecule has 1 aromatic carbocycles. The van der Waals surface area contributed by atoms with E-state index in [-0.39, 0.29) is 0 Å². The number of aromatic amines is 1. The Morgan fingerprint density at radius 2 is 1.82 bits per heavy atom. The van der Waals surface area contributed by atoms with Crippen molar-refractivity contribution in [3.05, 3.63) is 42.6 Å². The maximum atomic E-state index is 4.12. The van der Waals surface area contributed by atoms with Crippen LogP contribution in [-0.4, -0.2) is 42.1 Å². The molecule has 1 aromatic heterocycles. The highest BCUT2D eigenvalue weighted by molar-refractivity contribution is 6.77. The molecule has 7 heteroatoms. The fourth-order valence-electron chi connectivity index (χ4n) is 3.31. The first-order chi connectivity index (χ1) is 10.7. The van der Waals surface area contributed by atoms with Crippen molar-refractivity contribution in [3.8, 4) is 0 Å². The second kappa shape index (κ2) is 6.48. The predicted molar refractivity (Wildman–Crippen MR) is 95.1 cm³/mol. The number of rotatable bonds is 4. The van der Waals surface area contributed by atoms with Crippen molar-refractivity contribution in [3.63, 3.8) is 0 Å². The number of hydrogen-bond donors (Lipinski definition) is 1. The van der Waals surface area contributed by atoms with Crippen molar-refractivity contribution in [1.29, 1.82) is 0 Å². The third-order valence-corrected chi connectivity index (χ3v) is 4.53. The lowest BCUT2D eigenvalue weighted by Gasteiger charge is -2.50. The van der Waals surface area contributed by atoms with Crippen molar-refractivity contribution in [2.75, 3.05) is 22.8 Å². The molecule has 1 aliphatic rings. The van der Waals surface area contributed by atoms with Crippen LogP contribution in [0.2, 0.25) is 13.6 Å². The van der Waals surface area contributed by atoms with Gasteiger partial charge in [0.2, 0.25) is 0 Å². The molecule has 2 heterocycles. The van der Waals surface area contributed by atoms with Gasteiger partial charge in [-0.25, -0.2) is 0 Å². The molecule has 0 amide bonds. The van der Waals surface area contributed by atoms with Crippen molar-refractivity contribution in [2.24, 2.45) is 0 Å². The standard InChI is InChI=1S/C15H23B2N5/c1-4-12-22-16(2)20(14-8-6-5-7-9-14)13-21(17(22)3)15-10-11-18-19-15/h5-11H,4,12-13H2,1-3H3,(H,18,19). The Labute approximate surface area is 133 Å². The molecule has 0 aliphatic carbocycles. The minimum Gasteiger partial charge on any atom is -0.386 e. The third-order valence-electron chi connectivity index (χ3n) is 4.53. The van der Waals surface area contributed by atoms with Crippen molar-refractivity contribution >= 4 is 25.5 Å². The lowest BCUT2D eigenvalue weighted by molar-refractivity contribution is 0.594. The molecule has 0 unspecified atom stereocenters. The van der Waals surface area contributed by atoms with Gasteiger partial charge in [-0.1, -0.05) is 38.8 Å². The van der Waals surface area contributed by atoms with Gasteiger partial charge in [-0.2, -0.15) is 5.10 Å². The van der Waals surface area contributed by atoms with E-state index in [1.807, 2.05) is 12.3 Å². The molecule has 1 N–H and O–H groups in total. The number of para-hydroxylation sites is 1. The van der Waals surface area contributed by atoms with Crippen LogP contribution in [0, 0.1) is 0 Å². The summed E-state index contributed by atoms with van der Waals surface area (Å²) in [7, 11) is 0. The normalized spacial score (nSPS) is 16.5. The van der Waals surface area contributed by atoms with Gasteiger partial charge in [-0.3, -0.25) is 5.10 Å². The highest BCUT2D eigenvalue weighted by Gasteiger charge is 2.41.